The molecular weight excluding hydrogens is 260 g/mol. The zero-order chi connectivity index (χ0) is 15.1. The lowest BCUT2D eigenvalue weighted by molar-refractivity contribution is -0.137. The Morgan fingerprint density at radius 1 is 1.45 bits per heavy atom. The molecule has 0 heterocycles. The van der Waals surface area contributed by atoms with Crippen molar-refractivity contribution in [1.82, 2.24) is 5.32 Å². The molecule has 0 fully saturated rings. The lowest BCUT2D eigenvalue weighted by atomic mass is 10.1. The first-order chi connectivity index (χ1) is 9.43. The van der Waals surface area contributed by atoms with E-state index in [1.165, 1.54) is 7.11 Å². The minimum atomic E-state index is -0.833. The van der Waals surface area contributed by atoms with Crippen molar-refractivity contribution < 1.29 is 19.4 Å². The van der Waals surface area contributed by atoms with E-state index in [0.29, 0.717) is 29.8 Å². The van der Waals surface area contributed by atoms with Crippen LogP contribution in [0.1, 0.15) is 36.5 Å². The zero-order valence-electron chi connectivity index (χ0n) is 11.7. The number of hydrogen-bond donors (Lipinski definition) is 3. The fourth-order valence-corrected chi connectivity index (χ4v) is 1.79. The number of methoxy groups -OCH3 is 1. The van der Waals surface area contributed by atoms with Gasteiger partial charge in [-0.1, -0.05) is 0 Å². The van der Waals surface area contributed by atoms with Crippen molar-refractivity contribution in [3.05, 3.63) is 23.8 Å². The molecule has 1 aromatic rings. The predicted molar refractivity (Wildman–Crippen MR) is 75.8 cm³/mol. The van der Waals surface area contributed by atoms with E-state index in [2.05, 4.69) is 5.32 Å². The number of ether oxygens (including phenoxy) is 1. The number of anilines is 1. The molecule has 1 unspecified atom stereocenters. The van der Waals surface area contributed by atoms with Crippen LogP contribution >= 0.6 is 0 Å². The van der Waals surface area contributed by atoms with Crippen LogP contribution < -0.4 is 15.8 Å². The second-order valence-corrected chi connectivity index (χ2v) is 4.61. The first-order valence-electron chi connectivity index (χ1n) is 6.40. The number of carboxylic acid groups (broad SMARTS) is 1. The molecule has 110 valence electrons. The number of nitrogens with two attached hydrogens (primary N) is 1. The largest absolute Gasteiger partial charge is 0.497 e. The monoisotopic (exact) mass is 280 g/mol. The fourth-order valence-electron chi connectivity index (χ4n) is 1.79. The quantitative estimate of drug-likeness (QED) is 0.659. The first kappa shape index (κ1) is 15.8. The molecule has 0 saturated carbocycles. The molecule has 0 bridgehead atoms. The predicted octanol–water partition coefficient (Wildman–Crippen LogP) is 1.65. The van der Waals surface area contributed by atoms with Crippen LogP contribution in [0.3, 0.4) is 0 Å². The van der Waals surface area contributed by atoms with Crippen molar-refractivity contribution >= 4 is 17.6 Å². The van der Waals surface area contributed by atoms with Crippen molar-refractivity contribution in [2.75, 3.05) is 12.8 Å². The Kier molecular flexibility index (Phi) is 5.83. The van der Waals surface area contributed by atoms with Gasteiger partial charge in [0.1, 0.15) is 5.75 Å². The molecule has 1 aromatic carbocycles. The van der Waals surface area contributed by atoms with Crippen LogP contribution in [0.15, 0.2) is 18.2 Å². The summed E-state index contributed by atoms with van der Waals surface area (Å²) >= 11 is 0. The fraction of sp³-hybridized carbons (Fsp3) is 0.429. The zero-order valence-corrected chi connectivity index (χ0v) is 11.7. The highest BCUT2D eigenvalue weighted by atomic mass is 16.5. The van der Waals surface area contributed by atoms with Gasteiger partial charge in [0, 0.05) is 18.2 Å². The third kappa shape index (κ3) is 4.79. The van der Waals surface area contributed by atoms with Gasteiger partial charge in [-0.25, -0.2) is 0 Å². The number of nitrogens with one attached hydrogen (secondary N) is 1. The molecule has 0 saturated heterocycles. The summed E-state index contributed by atoms with van der Waals surface area (Å²) in [4.78, 5) is 22.5. The van der Waals surface area contributed by atoms with Crippen LogP contribution in [0.25, 0.3) is 0 Å². The number of carbonyl (C=O) groups excluding carboxylic acids is 1. The summed E-state index contributed by atoms with van der Waals surface area (Å²) in [7, 11) is 1.52. The average molecular weight is 280 g/mol. The van der Waals surface area contributed by atoms with Gasteiger partial charge in [0.15, 0.2) is 0 Å². The molecule has 1 amide bonds. The number of benzene rings is 1. The van der Waals surface area contributed by atoms with Gasteiger partial charge in [0.2, 0.25) is 0 Å². The number of carboxylic acids is 1. The molecule has 4 N–H and O–H groups in total. The number of carbonyl (C=O) groups is 2. The normalized spacial score (nSPS) is 11.7. The molecule has 1 rings (SSSR count). The van der Waals surface area contributed by atoms with E-state index >= 15 is 0 Å². The Hall–Kier alpha value is -2.24. The van der Waals surface area contributed by atoms with E-state index in [9.17, 15) is 9.59 Å². The van der Waals surface area contributed by atoms with Gasteiger partial charge in [-0.2, -0.15) is 0 Å². The number of rotatable bonds is 7. The summed E-state index contributed by atoms with van der Waals surface area (Å²) in [6.45, 7) is 1.83. The van der Waals surface area contributed by atoms with E-state index in [1.807, 2.05) is 6.92 Å². The average Bonchev–Trinajstić information content (AvgIpc) is 2.38. The van der Waals surface area contributed by atoms with Gasteiger partial charge < -0.3 is 20.9 Å². The SMILES string of the molecule is COc1ccc(N)c(C(=O)NC(C)CCCC(=O)O)c1. The molecule has 0 aromatic heterocycles. The standard InChI is InChI=1S/C14H20N2O4/c1-9(4-3-5-13(17)18)16-14(19)11-8-10(20-2)6-7-12(11)15/h6-9H,3-5,15H2,1-2H3,(H,16,19)(H,17,18). The van der Waals surface area contributed by atoms with E-state index < -0.39 is 5.97 Å². The maximum atomic E-state index is 12.1. The van der Waals surface area contributed by atoms with Gasteiger partial charge in [-0.3, -0.25) is 9.59 Å². The smallest absolute Gasteiger partial charge is 0.303 e. The minimum absolute atomic E-state index is 0.0987. The number of nitrogen functional groups attached to an aromatic ring is 1. The first-order valence-corrected chi connectivity index (χ1v) is 6.40. The molecule has 6 heteroatoms. The summed E-state index contributed by atoms with van der Waals surface area (Å²) in [5.74, 6) is -0.562. The molecule has 0 aliphatic heterocycles. The highest BCUT2D eigenvalue weighted by molar-refractivity contribution is 5.99. The van der Waals surface area contributed by atoms with Crippen LogP contribution in [0.4, 0.5) is 5.69 Å². The van der Waals surface area contributed by atoms with Crippen molar-refractivity contribution in [1.29, 1.82) is 0 Å². The van der Waals surface area contributed by atoms with Crippen molar-refractivity contribution in [2.24, 2.45) is 0 Å². The second kappa shape index (κ2) is 7.37. The van der Waals surface area contributed by atoms with Crippen molar-refractivity contribution in [3.8, 4) is 5.75 Å². The van der Waals surface area contributed by atoms with Crippen LogP contribution in [-0.4, -0.2) is 30.1 Å². The Morgan fingerprint density at radius 3 is 2.75 bits per heavy atom. The molecule has 6 nitrogen and oxygen atoms in total. The van der Waals surface area contributed by atoms with Crippen molar-refractivity contribution in [2.45, 2.75) is 32.2 Å². The lowest BCUT2D eigenvalue weighted by Gasteiger charge is -2.14. The third-order valence-corrected chi connectivity index (χ3v) is 2.91. The summed E-state index contributed by atoms with van der Waals surface area (Å²) in [6.07, 6.45) is 1.22. The van der Waals surface area contributed by atoms with E-state index in [0.717, 1.165) is 0 Å². The van der Waals surface area contributed by atoms with Crippen molar-refractivity contribution in [3.63, 3.8) is 0 Å². The van der Waals surface area contributed by atoms with Gasteiger partial charge in [-0.15, -0.1) is 0 Å². The van der Waals surface area contributed by atoms with Crippen LogP contribution in [-0.2, 0) is 4.79 Å². The van der Waals surface area contributed by atoms with Crippen LogP contribution in [0, 0.1) is 0 Å². The number of amides is 1. The van der Waals surface area contributed by atoms with Gasteiger partial charge >= 0.3 is 5.97 Å². The Balaban J connectivity index is 2.59. The molecule has 0 radical (unpaired) electrons. The molecule has 20 heavy (non-hydrogen) atoms. The van der Waals surface area contributed by atoms with Crippen LogP contribution in [0.2, 0.25) is 0 Å². The second-order valence-electron chi connectivity index (χ2n) is 4.61. The highest BCUT2D eigenvalue weighted by Gasteiger charge is 2.14. The molecule has 0 aliphatic carbocycles. The topological polar surface area (TPSA) is 102 Å². The third-order valence-electron chi connectivity index (χ3n) is 2.91. The van der Waals surface area contributed by atoms with Gasteiger partial charge in [0.05, 0.1) is 12.7 Å². The molecule has 0 aliphatic rings. The van der Waals surface area contributed by atoms with E-state index in [4.69, 9.17) is 15.6 Å². The summed E-state index contributed by atoms with van der Waals surface area (Å²) in [5, 5.41) is 11.4. The molecule has 0 spiro atoms. The Morgan fingerprint density at radius 2 is 2.15 bits per heavy atom. The van der Waals surface area contributed by atoms with Crippen LogP contribution in [0.5, 0.6) is 5.75 Å². The lowest BCUT2D eigenvalue weighted by Crippen LogP contribution is -2.33. The summed E-state index contributed by atoms with van der Waals surface area (Å²) in [6, 6.07) is 4.76. The summed E-state index contributed by atoms with van der Waals surface area (Å²) < 4.78 is 5.06. The maximum Gasteiger partial charge on any atom is 0.303 e. The van der Waals surface area contributed by atoms with E-state index in [1.54, 1.807) is 18.2 Å². The Labute approximate surface area is 117 Å². The van der Waals surface area contributed by atoms with E-state index in [-0.39, 0.29) is 18.4 Å². The molecular formula is C14H20N2O4. The van der Waals surface area contributed by atoms with Gasteiger partial charge in [-0.05, 0) is 38.0 Å². The number of aliphatic carboxylic acids is 1. The summed E-state index contributed by atoms with van der Waals surface area (Å²) in [5.41, 5.74) is 6.50. The minimum Gasteiger partial charge on any atom is -0.497 e. The Bertz CT molecular complexity index is 488. The number of hydrogen-bond acceptors (Lipinski definition) is 4. The highest BCUT2D eigenvalue weighted by Crippen LogP contribution is 2.19. The van der Waals surface area contributed by atoms with Gasteiger partial charge in [0.25, 0.3) is 5.91 Å². The molecule has 1 atom stereocenters. The maximum absolute atomic E-state index is 12.1.